The smallest absolute Gasteiger partial charge is 0.191 e. The van der Waals surface area contributed by atoms with E-state index in [1.165, 1.54) is 16.9 Å². The highest BCUT2D eigenvalue weighted by molar-refractivity contribution is 7.11. The Morgan fingerprint density at radius 1 is 1.35 bits per heavy atom. The van der Waals surface area contributed by atoms with E-state index >= 15 is 0 Å². The van der Waals surface area contributed by atoms with E-state index in [9.17, 15) is 0 Å². The Labute approximate surface area is 142 Å². The molecule has 1 saturated carbocycles. The molecule has 1 aliphatic rings. The molecule has 1 fully saturated rings. The maximum atomic E-state index is 4.69. The summed E-state index contributed by atoms with van der Waals surface area (Å²) in [5.41, 5.74) is 1.42. The number of nitrogens with one attached hydrogen (secondary N) is 2. The molecular formula is C18H24N4S. The number of aryl methyl sites for hydroxylation is 1. The van der Waals surface area contributed by atoms with E-state index < -0.39 is 0 Å². The zero-order valence-electron chi connectivity index (χ0n) is 13.7. The van der Waals surface area contributed by atoms with Crippen LogP contribution in [-0.2, 0) is 6.42 Å². The minimum Gasteiger partial charge on any atom is -0.357 e. The zero-order chi connectivity index (χ0) is 16.1. The average Bonchev–Trinajstić information content (AvgIpc) is 3.21. The number of hydrogen-bond acceptors (Lipinski definition) is 3. The molecule has 1 aromatic carbocycles. The number of guanidine groups is 1. The van der Waals surface area contributed by atoms with E-state index in [1.54, 1.807) is 11.3 Å². The predicted molar refractivity (Wildman–Crippen MR) is 97.3 cm³/mol. The summed E-state index contributed by atoms with van der Waals surface area (Å²) in [5.74, 6) is 1.53. The lowest BCUT2D eigenvalue weighted by Crippen LogP contribution is -2.39. The van der Waals surface area contributed by atoms with Crippen molar-refractivity contribution in [1.29, 1.82) is 0 Å². The molecule has 0 radical (unpaired) electrons. The monoisotopic (exact) mass is 328 g/mol. The van der Waals surface area contributed by atoms with Crippen LogP contribution >= 0.6 is 11.3 Å². The Balaban J connectivity index is 1.52. The lowest BCUT2D eigenvalue weighted by Gasteiger charge is -2.11. The van der Waals surface area contributed by atoms with E-state index in [2.05, 4.69) is 64.8 Å². The molecule has 23 heavy (non-hydrogen) atoms. The molecule has 2 aromatic rings. The fourth-order valence-corrected chi connectivity index (χ4v) is 3.47. The zero-order valence-corrected chi connectivity index (χ0v) is 14.6. The fourth-order valence-electron chi connectivity index (χ4n) is 2.70. The summed E-state index contributed by atoms with van der Waals surface area (Å²) < 4.78 is 0. The maximum Gasteiger partial charge on any atom is 0.191 e. The summed E-state index contributed by atoms with van der Waals surface area (Å²) in [6.07, 6.45) is 4.02. The Bertz CT molecular complexity index is 650. The van der Waals surface area contributed by atoms with Crippen LogP contribution < -0.4 is 10.6 Å². The summed E-state index contributed by atoms with van der Waals surface area (Å²) >= 11 is 1.76. The van der Waals surface area contributed by atoms with Crippen LogP contribution in [0.4, 0.5) is 0 Å². The number of aromatic nitrogens is 1. The van der Waals surface area contributed by atoms with Crippen LogP contribution in [0.5, 0.6) is 0 Å². The standard InChI is InChI=1S/C18H24N4S/c1-3-19-18(20-10-9-17-21-12-13(2)23-17)22-16-11-15(16)14-7-5-4-6-8-14/h4-8,12,15-16H,3,9-11H2,1-2H3,(H2,19,20,22). The van der Waals surface area contributed by atoms with E-state index in [0.717, 1.165) is 30.5 Å². The van der Waals surface area contributed by atoms with Crippen LogP contribution in [0.3, 0.4) is 0 Å². The Kier molecular flexibility index (Phi) is 5.28. The van der Waals surface area contributed by atoms with Crippen LogP contribution in [0.2, 0.25) is 0 Å². The van der Waals surface area contributed by atoms with Crippen molar-refractivity contribution < 1.29 is 0 Å². The molecule has 122 valence electrons. The van der Waals surface area contributed by atoms with Gasteiger partial charge in [-0.15, -0.1) is 11.3 Å². The van der Waals surface area contributed by atoms with Gasteiger partial charge in [-0.05, 0) is 25.8 Å². The molecule has 3 rings (SSSR count). The number of benzene rings is 1. The topological polar surface area (TPSA) is 49.3 Å². The van der Waals surface area contributed by atoms with Crippen LogP contribution in [0.15, 0.2) is 41.5 Å². The molecule has 2 atom stereocenters. The van der Waals surface area contributed by atoms with Crippen molar-refractivity contribution in [2.45, 2.75) is 38.6 Å². The van der Waals surface area contributed by atoms with Gasteiger partial charge in [0.15, 0.2) is 5.96 Å². The van der Waals surface area contributed by atoms with E-state index in [1.807, 2.05) is 6.20 Å². The molecule has 1 aromatic heterocycles. The highest BCUT2D eigenvalue weighted by Crippen LogP contribution is 2.40. The van der Waals surface area contributed by atoms with Gasteiger partial charge in [0.25, 0.3) is 0 Å². The van der Waals surface area contributed by atoms with Gasteiger partial charge < -0.3 is 10.6 Å². The van der Waals surface area contributed by atoms with Gasteiger partial charge in [0.2, 0.25) is 0 Å². The average molecular weight is 328 g/mol. The SMILES string of the molecule is CCNC(=NCCc1ncc(C)s1)NC1CC1c1ccccc1. The number of rotatable bonds is 6. The minimum atomic E-state index is 0.498. The molecule has 0 spiro atoms. The first-order valence-electron chi connectivity index (χ1n) is 8.27. The first-order valence-corrected chi connectivity index (χ1v) is 9.09. The molecule has 0 bridgehead atoms. The molecular weight excluding hydrogens is 304 g/mol. The van der Waals surface area contributed by atoms with E-state index in [-0.39, 0.29) is 0 Å². The molecule has 2 unspecified atom stereocenters. The van der Waals surface area contributed by atoms with Crippen molar-refractivity contribution in [3.8, 4) is 0 Å². The summed E-state index contributed by atoms with van der Waals surface area (Å²) in [4.78, 5) is 10.3. The van der Waals surface area contributed by atoms with E-state index in [0.29, 0.717) is 12.0 Å². The van der Waals surface area contributed by atoms with Crippen molar-refractivity contribution in [2.75, 3.05) is 13.1 Å². The number of nitrogens with zero attached hydrogens (tertiary/aromatic N) is 2. The van der Waals surface area contributed by atoms with Crippen LogP contribution in [0.1, 0.15) is 34.7 Å². The van der Waals surface area contributed by atoms with Crippen LogP contribution in [-0.4, -0.2) is 30.1 Å². The largest absolute Gasteiger partial charge is 0.357 e. The number of hydrogen-bond donors (Lipinski definition) is 2. The van der Waals surface area contributed by atoms with Gasteiger partial charge in [0.1, 0.15) is 0 Å². The molecule has 4 nitrogen and oxygen atoms in total. The lowest BCUT2D eigenvalue weighted by atomic mass is 10.1. The molecule has 0 aliphatic heterocycles. The minimum absolute atomic E-state index is 0.498. The van der Waals surface area contributed by atoms with Crippen LogP contribution in [0, 0.1) is 6.92 Å². The number of aliphatic imine (C=N–C) groups is 1. The van der Waals surface area contributed by atoms with Gasteiger partial charge in [0, 0.05) is 42.5 Å². The quantitative estimate of drug-likeness (QED) is 0.633. The molecule has 1 heterocycles. The molecule has 5 heteroatoms. The Morgan fingerprint density at radius 2 is 2.17 bits per heavy atom. The van der Waals surface area contributed by atoms with Crippen molar-refractivity contribution in [2.24, 2.45) is 4.99 Å². The van der Waals surface area contributed by atoms with Gasteiger partial charge in [-0.3, -0.25) is 4.99 Å². The van der Waals surface area contributed by atoms with Gasteiger partial charge in [0.05, 0.1) is 5.01 Å². The highest BCUT2D eigenvalue weighted by Gasteiger charge is 2.38. The first kappa shape index (κ1) is 16.0. The fraction of sp³-hybridized carbons (Fsp3) is 0.444. The number of thiazole rings is 1. The highest BCUT2D eigenvalue weighted by atomic mass is 32.1. The van der Waals surface area contributed by atoms with Crippen molar-refractivity contribution in [3.05, 3.63) is 52.0 Å². The normalized spacial score (nSPS) is 20.3. The molecule has 1 aliphatic carbocycles. The van der Waals surface area contributed by atoms with Crippen molar-refractivity contribution in [3.63, 3.8) is 0 Å². The summed E-state index contributed by atoms with van der Waals surface area (Å²) in [5, 5.41) is 8.06. The summed E-state index contributed by atoms with van der Waals surface area (Å²) in [6.45, 7) is 5.84. The molecule has 0 amide bonds. The Morgan fingerprint density at radius 3 is 2.87 bits per heavy atom. The molecule has 2 N–H and O–H groups in total. The van der Waals surface area contributed by atoms with Crippen molar-refractivity contribution in [1.82, 2.24) is 15.6 Å². The lowest BCUT2D eigenvalue weighted by molar-refractivity contribution is 0.791. The third-order valence-corrected chi connectivity index (χ3v) is 4.92. The second-order valence-corrected chi connectivity index (χ2v) is 7.20. The van der Waals surface area contributed by atoms with Gasteiger partial charge in [-0.25, -0.2) is 4.98 Å². The summed E-state index contributed by atoms with van der Waals surface area (Å²) in [6, 6.07) is 11.2. The first-order chi connectivity index (χ1) is 11.3. The molecule has 0 saturated heterocycles. The van der Waals surface area contributed by atoms with Crippen molar-refractivity contribution >= 4 is 17.3 Å². The maximum absolute atomic E-state index is 4.69. The second-order valence-electron chi connectivity index (χ2n) is 5.88. The second kappa shape index (κ2) is 7.59. The van der Waals surface area contributed by atoms with E-state index in [4.69, 9.17) is 0 Å². The van der Waals surface area contributed by atoms with Crippen LogP contribution in [0.25, 0.3) is 0 Å². The summed E-state index contributed by atoms with van der Waals surface area (Å²) in [7, 11) is 0. The third kappa shape index (κ3) is 4.55. The predicted octanol–water partition coefficient (Wildman–Crippen LogP) is 3.11. The third-order valence-electron chi connectivity index (χ3n) is 3.95. The van der Waals surface area contributed by atoms with Gasteiger partial charge >= 0.3 is 0 Å². The van der Waals surface area contributed by atoms with Gasteiger partial charge in [-0.1, -0.05) is 30.3 Å². The Hall–Kier alpha value is -1.88. The van der Waals surface area contributed by atoms with Gasteiger partial charge in [-0.2, -0.15) is 0 Å².